The number of rotatable bonds is 8. The second kappa shape index (κ2) is 9.32. The van der Waals surface area contributed by atoms with Gasteiger partial charge in [-0.25, -0.2) is 4.39 Å². The predicted octanol–water partition coefficient (Wildman–Crippen LogP) is 4.29. The lowest BCUT2D eigenvalue weighted by molar-refractivity contribution is -0.383. The van der Waals surface area contributed by atoms with Gasteiger partial charge in [0.25, 0.3) is 11.6 Å². The highest BCUT2D eigenvalue weighted by Gasteiger charge is 2.17. The molecule has 0 saturated carbocycles. The molecule has 2 N–H and O–H groups in total. The van der Waals surface area contributed by atoms with Crippen LogP contribution in [0.3, 0.4) is 0 Å². The number of halogens is 1. The molecule has 0 aliphatic rings. The number of carbonyl (C=O) groups excluding carboxylic acids is 1. The number of nitro groups is 1. The molecule has 0 radical (unpaired) electrons. The van der Waals surface area contributed by atoms with Crippen molar-refractivity contribution in [3.8, 4) is 5.75 Å². The average Bonchev–Trinajstić information content (AvgIpc) is 2.73. The summed E-state index contributed by atoms with van der Waals surface area (Å²) in [6.45, 7) is 0.174. The Morgan fingerprint density at radius 3 is 2.48 bits per heavy atom. The highest BCUT2D eigenvalue weighted by atomic mass is 19.1. The van der Waals surface area contributed by atoms with Crippen LogP contribution in [-0.2, 0) is 0 Å². The lowest BCUT2D eigenvalue weighted by atomic mass is 10.1. The second-order valence-electron chi connectivity index (χ2n) is 6.01. The molecular weight excluding hydrogens is 377 g/mol. The zero-order valence-corrected chi connectivity index (χ0v) is 15.3. The Kier molecular flexibility index (Phi) is 6.36. The number of para-hydroxylation sites is 2. The van der Waals surface area contributed by atoms with Crippen molar-refractivity contribution < 1.29 is 18.8 Å². The van der Waals surface area contributed by atoms with Crippen LogP contribution >= 0.6 is 0 Å². The van der Waals surface area contributed by atoms with Gasteiger partial charge in [-0.2, -0.15) is 0 Å². The first-order chi connectivity index (χ1) is 14.0. The molecule has 3 rings (SSSR count). The van der Waals surface area contributed by atoms with Gasteiger partial charge in [-0.3, -0.25) is 14.9 Å². The first-order valence-electron chi connectivity index (χ1n) is 8.80. The molecule has 0 saturated heterocycles. The van der Waals surface area contributed by atoms with E-state index in [0.717, 1.165) is 0 Å². The minimum Gasteiger partial charge on any atom is -0.489 e. The third kappa shape index (κ3) is 5.29. The normalized spacial score (nSPS) is 10.2. The minimum atomic E-state index is -0.552. The molecule has 0 fully saturated rings. The van der Waals surface area contributed by atoms with Gasteiger partial charge in [-0.1, -0.05) is 30.3 Å². The Morgan fingerprint density at radius 1 is 1.03 bits per heavy atom. The summed E-state index contributed by atoms with van der Waals surface area (Å²) >= 11 is 0. The summed E-state index contributed by atoms with van der Waals surface area (Å²) < 4.78 is 18.7. The lowest BCUT2D eigenvalue weighted by Gasteiger charge is -2.10. The van der Waals surface area contributed by atoms with Crippen molar-refractivity contribution in [3.63, 3.8) is 0 Å². The Balaban J connectivity index is 1.62. The van der Waals surface area contributed by atoms with Gasteiger partial charge in [-0.15, -0.1) is 0 Å². The number of hydrogen-bond acceptors (Lipinski definition) is 5. The monoisotopic (exact) mass is 395 g/mol. The van der Waals surface area contributed by atoms with Crippen molar-refractivity contribution in [2.24, 2.45) is 0 Å². The molecule has 3 aromatic rings. The first kappa shape index (κ1) is 19.8. The molecule has 0 aliphatic heterocycles. The molecule has 0 unspecified atom stereocenters. The molecule has 7 nitrogen and oxygen atoms in total. The van der Waals surface area contributed by atoms with E-state index < -0.39 is 16.6 Å². The van der Waals surface area contributed by atoms with Crippen LogP contribution in [0.2, 0.25) is 0 Å². The number of nitro benzene ring substituents is 1. The molecule has 0 aromatic heterocycles. The van der Waals surface area contributed by atoms with Crippen molar-refractivity contribution >= 4 is 23.0 Å². The minimum absolute atomic E-state index is 0.0579. The highest BCUT2D eigenvalue weighted by Crippen LogP contribution is 2.28. The Morgan fingerprint density at radius 2 is 1.76 bits per heavy atom. The maximum atomic E-state index is 13.5. The van der Waals surface area contributed by atoms with E-state index >= 15 is 0 Å². The molecule has 0 bridgehead atoms. The van der Waals surface area contributed by atoms with Gasteiger partial charge in [0.1, 0.15) is 12.3 Å². The number of carbonyl (C=O) groups is 1. The predicted molar refractivity (Wildman–Crippen MR) is 107 cm³/mol. The highest BCUT2D eigenvalue weighted by molar-refractivity contribution is 5.95. The Hall–Kier alpha value is -3.94. The number of anilines is 2. The van der Waals surface area contributed by atoms with Crippen LogP contribution in [0.1, 0.15) is 10.4 Å². The molecule has 0 heterocycles. The van der Waals surface area contributed by atoms with Gasteiger partial charge >= 0.3 is 0 Å². The summed E-state index contributed by atoms with van der Waals surface area (Å²) in [5.74, 6) is -0.888. The van der Waals surface area contributed by atoms with Gasteiger partial charge in [-0.05, 0) is 36.4 Å². The van der Waals surface area contributed by atoms with Crippen molar-refractivity contribution in [1.29, 1.82) is 0 Å². The van der Waals surface area contributed by atoms with Crippen molar-refractivity contribution in [2.45, 2.75) is 0 Å². The van der Waals surface area contributed by atoms with Gasteiger partial charge in [0.05, 0.1) is 11.5 Å². The Bertz CT molecular complexity index is 1010. The maximum absolute atomic E-state index is 13.5. The number of ether oxygens (including phenoxy) is 1. The fourth-order valence-electron chi connectivity index (χ4n) is 2.60. The number of amides is 1. The molecule has 29 heavy (non-hydrogen) atoms. The third-order valence-corrected chi connectivity index (χ3v) is 3.99. The zero-order valence-electron chi connectivity index (χ0n) is 15.3. The number of benzene rings is 3. The summed E-state index contributed by atoms with van der Waals surface area (Å²) in [5, 5.41) is 17.0. The van der Waals surface area contributed by atoms with E-state index in [0.29, 0.717) is 5.69 Å². The van der Waals surface area contributed by atoms with Gasteiger partial charge in [0, 0.05) is 17.3 Å². The summed E-state index contributed by atoms with van der Waals surface area (Å²) in [6.07, 6.45) is 0. The standard InChI is InChI=1S/C21H18FN3O4/c22-17-8-4-5-9-20(17)29-13-12-23-21(26)15-10-11-18(19(14-15)25(27)28)24-16-6-2-1-3-7-16/h1-11,14,24H,12-13H2,(H,23,26). The van der Waals surface area contributed by atoms with E-state index in [2.05, 4.69) is 10.6 Å². The molecular formula is C21H18FN3O4. The maximum Gasteiger partial charge on any atom is 0.293 e. The van der Waals surface area contributed by atoms with Crippen LogP contribution in [0.15, 0.2) is 72.8 Å². The molecule has 1 amide bonds. The van der Waals surface area contributed by atoms with Crippen LogP contribution in [-0.4, -0.2) is 24.0 Å². The van der Waals surface area contributed by atoms with Crippen LogP contribution in [0, 0.1) is 15.9 Å². The van der Waals surface area contributed by atoms with Crippen molar-refractivity contribution in [3.05, 3.63) is 94.3 Å². The van der Waals surface area contributed by atoms with Crippen LogP contribution in [0.4, 0.5) is 21.5 Å². The quantitative estimate of drug-likeness (QED) is 0.337. The SMILES string of the molecule is O=C(NCCOc1ccccc1F)c1ccc(Nc2ccccc2)c([N+](=O)[O-])c1. The van der Waals surface area contributed by atoms with Crippen LogP contribution in [0.5, 0.6) is 5.75 Å². The van der Waals surface area contributed by atoms with Crippen molar-refractivity contribution in [2.75, 3.05) is 18.5 Å². The molecule has 0 atom stereocenters. The summed E-state index contributed by atoms with van der Waals surface area (Å²) in [5.41, 5.74) is 0.893. The van der Waals surface area contributed by atoms with E-state index in [4.69, 9.17) is 4.74 Å². The fourth-order valence-corrected chi connectivity index (χ4v) is 2.60. The summed E-state index contributed by atoms with van der Waals surface area (Å²) in [7, 11) is 0. The summed E-state index contributed by atoms with van der Waals surface area (Å²) in [4.78, 5) is 23.1. The number of hydrogen-bond donors (Lipinski definition) is 2. The molecule has 3 aromatic carbocycles. The molecule has 148 valence electrons. The van der Waals surface area contributed by atoms with E-state index in [1.165, 1.54) is 30.3 Å². The second-order valence-corrected chi connectivity index (χ2v) is 6.01. The molecule has 0 aliphatic carbocycles. The van der Waals surface area contributed by atoms with Crippen LogP contribution in [0.25, 0.3) is 0 Å². The number of nitrogens with zero attached hydrogens (tertiary/aromatic N) is 1. The topological polar surface area (TPSA) is 93.5 Å². The van der Waals surface area contributed by atoms with E-state index in [-0.39, 0.29) is 35.8 Å². The Labute approximate surface area is 166 Å². The van der Waals surface area contributed by atoms with E-state index in [9.17, 15) is 19.3 Å². The van der Waals surface area contributed by atoms with Crippen LogP contribution < -0.4 is 15.4 Å². The largest absolute Gasteiger partial charge is 0.489 e. The first-order valence-corrected chi connectivity index (χ1v) is 8.80. The zero-order chi connectivity index (χ0) is 20.6. The average molecular weight is 395 g/mol. The van der Waals surface area contributed by atoms with E-state index in [1.807, 2.05) is 6.07 Å². The van der Waals surface area contributed by atoms with Gasteiger partial charge in [0.15, 0.2) is 11.6 Å². The summed E-state index contributed by atoms with van der Waals surface area (Å²) in [6, 6.07) is 19.1. The number of nitrogens with one attached hydrogen (secondary N) is 2. The van der Waals surface area contributed by atoms with Crippen molar-refractivity contribution in [1.82, 2.24) is 5.32 Å². The lowest BCUT2D eigenvalue weighted by Crippen LogP contribution is -2.28. The smallest absolute Gasteiger partial charge is 0.293 e. The van der Waals surface area contributed by atoms with E-state index in [1.54, 1.807) is 36.4 Å². The fraction of sp³-hybridized carbons (Fsp3) is 0.0952. The van der Waals surface area contributed by atoms with Gasteiger partial charge in [0.2, 0.25) is 0 Å². The molecule has 0 spiro atoms. The van der Waals surface area contributed by atoms with Gasteiger partial charge < -0.3 is 15.4 Å². The molecule has 8 heteroatoms. The third-order valence-electron chi connectivity index (χ3n) is 3.99.